The molecule has 2 heterocycles. The second-order valence-corrected chi connectivity index (χ2v) is 4.24. The molecular weight excluding hydrogens is 221 g/mol. The van der Waals surface area contributed by atoms with Crippen LogP contribution in [0.3, 0.4) is 0 Å². The molecule has 1 aliphatic rings. The van der Waals surface area contributed by atoms with E-state index in [1.807, 2.05) is 0 Å². The number of amides is 1. The van der Waals surface area contributed by atoms with Crippen molar-refractivity contribution in [3.8, 4) is 0 Å². The second-order valence-electron chi connectivity index (χ2n) is 4.24. The van der Waals surface area contributed by atoms with Crippen molar-refractivity contribution in [1.82, 2.24) is 10.3 Å². The lowest BCUT2D eigenvalue weighted by molar-refractivity contribution is -0.116. The minimum absolute atomic E-state index is 0.0715. The van der Waals surface area contributed by atoms with Gasteiger partial charge in [0, 0.05) is 12.5 Å². The Morgan fingerprint density at radius 3 is 3.12 bits per heavy atom. The van der Waals surface area contributed by atoms with Gasteiger partial charge in [0.25, 0.3) is 0 Å². The number of pyridine rings is 1. The van der Waals surface area contributed by atoms with E-state index in [-0.39, 0.29) is 5.91 Å². The molecule has 1 fully saturated rings. The number of halogens is 1. The highest BCUT2D eigenvalue weighted by Crippen LogP contribution is 2.11. The fourth-order valence-electron chi connectivity index (χ4n) is 1.96. The van der Waals surface area contributed by atoms with Gasteiger partial charge in [0.15, 0.2) is 0 Å². The Labute approximate surface area is 99.6 Å². The van der Waals surface area contributed by atoms with Crippen LogP contribution in [-0.2, 0) is 4.79 Å². The van der Waals surface area contributed by atoms with Gasteiger partial charge in [-0.05, 0) is 37.9 Å². The summed E-state index contributed by atoms with van der Waals surface area (Å²) in [7, 11) is 0. The molecule has 5 heteroatoms. The maximum atomic E-state index is 12.6. The first-order chi connectivity index (χ1) is 8.24. The van der Waals surface area contributed by atoms with Crippen LogP contribution in [-0.4, -0.2) is 23.5 Å². The standard InChI is InChI=1S/C12H16FN3O/c13-9-3-5-11(15-8-9)16-12(17)6-4-10-2-1-7-14-10/h3,5,8,10,14H,1-2,4,6-7H2,(H,15,16,17). The molecule has 0 spiro atoms. The molecular formula is C12H16FN3O. The molecule has 92 valence electrons. The highest BCUT2D eigenvalue weighted by atomic mass is 19.1. The molecule has 1 aliphatic heterocycles. The number of nitrogens with zero attached hydrogens (tertiary/aromatic N) is 1. The second kappa shape index (κ2) is 5.72. The molecule has 2 rings (SSSR count). The summed E-state index contributed by atoms with van der Waals surface area (Å²) >= 11 is 0. The van der Waals surface area contributed by atoms with E-state index in [0.717, 1.165) is 25.6 Å². The number of aromatic nitrogens is 1. The maximum absolute atomic E-state index is 12.6. The summed E-state index contributed by atoms with van der Waals surface area (Å²) in [6.45, 7) is 1.05. The minimum atomic E-state index is -0.404. The summed E-state index contributed by atoms with van der Waals surface area (Å²) in [5.41, 5.74) is 0. The van der Waals surface area contributed by atoms with Crippen LogP contribution in [0.5, 0.6) is 0 Å². The quantitative estimate of drug-likeness (QED) is 0.838. The summed E-state index contributed by atoms with van der Waals surface area (Å²) in [5, 5.41) is 5.99. The van der Waals surface area contributed by atoms with E-state index in [9.17, 15) is 9.18 Å². The zero-order valence-corrected chi connectivity index (χ0v) is 9.58. The van der Waals surface area contributed by atoms with E-state index in [2.05, 4.69) is 15.6 Å². The smallest absolute Gasteiger partial charge is 0.225 e. The Kier molecular flexibility index (Phi) is 4.03. The zero-order chi connectivity index (χ0) is 12.1. The van der Waals surface area contributed by atoms with E-state index in [0.29, 0.717) is 18.3 Å². The molecule has 1 amide bonds. The van der Waals surface area contributed by atoms with Crippen molar-refractivity contribution in [1.29, 1.82) is 0 Å². The Morgan fingerprint density at radius 2 is 2.47 bits per heavy atom. The average molecular weight is 237 g/mol. The van der Waals surface area contributed by atoms with Gasteiger partial charge in [0.05, 0.1) is 6.20 Å². The van der Waals surface area contributed by atoms with Crippen LogP contribution in [0.15, 0.2) is 18.3 Å². The zero-order valence-electron chi connectivity index (χ0n) is 9.58. The van der Waals surface area contributed by atoms with E-state index in [1.54, 1.807) is 0 Å². The van der Waals surface area contributed by atoms with Crippen molar-refractivity contribution in [3.05, 3.63) is 24.1 Å². The van der Waals surface area contributed by atoms with E-state index < -0.39 is 5.82 Å². The normalized spacial score (nSPS) is 19.2. The van der Waals surface area contributed by atoms with E-state index in [4.69, 9.17) is 0 Å². The molecule has 4 nitrogen and oxygen atoms in total. The van der Waals surface area contributed by atoms with Crippen molar-refractivity contribution in [2.75, 3.05) is 11.9 Å². The summed E-state index contributed by atoms with van der Waals surface area (Å²) in [5.74, 6) is -0.0771. The van der Waals surface area contributed by atoms with Crippen LogP contribution >= 0.6 is 0 Å². The molecule has 2 N–H and O–H groups in total. The van der Waals surface area contributed by atoms with Gasteiger partial charge in [-0.25, -0.2) is 9.37 Å². The maximum Gasteiger partial charge on any atom is 0.225 e. The van der Waals surface area contributed by atoms with Crippen LogP contribution in [0.25, 0.3) is 0 Å². The van der Waals surface area contributed by atoms with E-state index >= 15 is 0 Å². The third kappa shape index (κ3) is 3.78. The molecule has 1 aromatic rings. The van der Waals surface area contributed by atoms with Crippen molar-refractivity contribution in [2.24, 2.45) is 0 Å². The number of hydrogen-bond donors (Lipinski definition) is 2. The van der Waals surface area contributed by atoms with Crippen LogP contribution in [0.4, 0.5) is 10.2 Å². The molecule has 1 aromatic heterocycles. The first kappa shape index (κ1) is 12.0. The predicted octanol–water partition coefficient (Wildman–Crippen LogP) is 1.69. The lowest BCUT2D eigenvalue weighted by Crippen LogP contribution is -2.23. The Bertz CT molecular complexity index is 374. The molecule has 1 atom stereocenters. The fourth-order valence-corrected chi connectivity index (χ4v) is 1.96. The van der Waals surface area contributed by atoms with Crippen molar-refractivity contribution in [2.45, 2.75) is 31.7 Å². The molecule has 17 heavy (non-hydrogen) atoms. The van der Waals surface area contributed by atoms with Crippen molar-refractivity contribution >= 4 is 11.7 Å². The number of hydrogen-bond acceptors (Lipinski definition) is 3. The van der Waals surface area contributed by atoms with Crippen LogP contribution < -0.4 is 10.6 Å². The highest BCUT2D eigenvalue weighted by molar-refractivity contribution is 5.89. The van der Waals surface area contributed by atoms with Crippen LogP contribution in [0.1, 0.15) is 25.7 Å². The number of nitrogens with one attached hydrogen (secondary N) is 2. The lowest BCUT2D eigenvalue weighted by Gasteiger charge is -2.09. The van der Waals surface area contributed by atoms with Crippen LogP contribution in [0, 0.1) is 5.82 Å². The van der Waals surface area contributed by atoms with Gasteiger partial charge < -0.3 is 10.6 Å². The summed E-state index contributed by atoms with van der Waals surface area (Å²) in [6.07, 6.45) is 4.73. The van der Waals surface area contributed by atoms with Crippen LogP contribution in [0.2, 0.25) is 0 Å². The molecule has 1 unspecified atom stereocenters. The van der Waals surface area contributed by atoms with Crippen molar-refractivity contribution in [3.63, 3.8) is 0 Å². The number of carbonyl (C=O) groups excluding carboxylic acids is 1. The first-order valence-electron chi connectivity index (χ1n) is 5.89. The summed E-state index contributed by atoms with van der Waals surface area (Å²) in [4.78, 5) is 15.4. The molecule has 0 bridgehead atoms. The SMILES string of the molecule is O=C(CCC1CCCN1)Nc1ccc(F)cn1. The lowest BCUT2D eigenvalue weighted by atomic mass is 10.1. The third-order valence-corrected chi connectivity index (χ3v) is 2.88. The van der Waals surface area contributed by atoms with Gasteiger partial charge in [-0.3, -0.25) is 4.79 Å². The topological polar surface area (TPSA) is 54.0 Å². The largest absolute Gasteiger partial charge is 0.314 e. The Balaban J connectivity index is 1.74. The highest BCUT2D eigenvalue weighted by Gasteiger charge is 2.15. The molecule has 0 radical (unpaired) electrons. The van der Waals surface area contributed by atoms with Gasteiger partial charge in [0.2, 0.25) is 5.91 Å². The average Bonchev–Trinajstić information content (AvgIpc) is 2.83. The first-order valence-corrected chi connectivity index (χ1v) is 5.89. The Hall–Kier alpha value is -1.49. The number of carbonyl (C=O) groups is 1. The molecule has 0 aliphatic carbocycles. The third-order valence-electron chi connectivity index (χ3n) is 2.88. The fraction of sp³-hybridized carbons (Fsp3) is 0.500. The molecule has 1 saturated heterocycles. The Morgan fingerprint density at radius 1 is 1.59 bits per heavy atom. The minimum Gasteiger partial charge on any atom is -0.314 e. The number of anilines is 1. The number of rotatable bonds is 4. The monoisotopic (exact) mass is 237 g/mol. The van der Waals surface area contributed by atoms with Crippen molar-refractivity contribution < 1.29 is 9.18 Å². The molecule has 0 saturated carbocycles. The summed E-state index contributed by atoms with van der Waals surface area (Å²) in [6, 6.07) is 3.20. The van der Waals surface area contributed by atoms with Gasteiger partial charge in [-0.1, -0.05) is 0 Å². The summed E-state index contributed by atoms with van der Waals surface area (Å²) < 4.78 is 12.6. The van der Waals surface area contributed by atoms with E-state index in [1.165, 1.54) is 18.6 Å². The predicted molar refractivity (Wildman–Crippen MR) is 63.1 cm³/mol. The van der Waals surface area contributed by atoms with Gasteiger partial charge in [-0.15, -0.1) is 0 Å². The molecule has 0 aromatic carbocycles. The van der Waals surface area contributed by atoms with Gasteiger partial charge in [0.1, 0.15) is 11.6 Å². The van der Waals surface area contributed by atoms with Gasteiger partial charge >= 0.3 is 0 Å². The van der Waals surface area contributed by atoms with Gasteiger partial charge in [-0.2, -0.15) is 0 Å².